The van der Waals surface area contributed by atoms with Crippen molar-refractivity contribution in [2.75, 3.05) is 13.1 Å². The third-order valence-electron chi connectivity index (χ3n) is 2.81. The van der Waals surface area contributed by atoms with Crippen molar-refractivity contribution in [2.45, 2.75) is 26.4 Å². The van der Waals surface area contributed by atoms with Crippen LogP contribution in [-0.2, 0) is 4.79 Å². The second-order valence-electron chi connectivity index (χ2n) is 4.88. The van der Waals surface area contributed by atoms with E-state index in [1.165, 1.54) is 11.3 Å². The number of hydrogen-bond acceptors (Lipinski definition) is 4. The van der Waals surface area contributed by atoms with Gasteiger partial charge in [-0.2, -0.15) is 11.3 Å². The van der Waals surface area contributed by atoms with Gasteiger partial charge in [0.15, 0.2) is 0 Å². The number of carbonyl (C=O) groups is 1. The van der Waals surface area contributed by atoms with Crippen molar-refractivity contribution in [3.63, 3.8) is 0 Å². The van der Waals surface area contributed by atoms with Gasteiger partial charge in [0.2, 0.25) is 5.91 Å². The molecule has 0 spiro atoms. The standard InChI is InChI=1S/C13H22N2O2S/c1-9(2)5-11(6-14)13(17)15-7-12(16)10-3-4-18-8-10/h3-4,8-9,11-12,16H,5-7,14H2,1-2H3,(H,15,17). The highest BCUT2D eigenvalue weighted by molar-refractivity contribution is 7.07. The van der Waals surface area contributed by atoms with Crippen LogP contribution in [-0.4, -0.2) is 24.1 Å². The zero-order valence-corrected chi connectivity index (χ0v) is 11.7. The maximum Gasteiger partial charge on any atom is 0.224 e. The predicted molar refractivity (Wildman–Crippen MR) is 74.3 cm³/mol. The minimum Gasteiger partial charge on any atom is -0.387 e. The quantitative estimate of drug-likeness (QED) is 0.703. The van der Waals surface area contributed by atoms with Crippen molar-refractivity contribution < 1.29 is 9.90 Å². The minimum absolute atomic E-state index is 0.0690. The van der Waals surface area contributed by atoms with E-state index in [-0.39, 0.29) is 18.4 Å². The molecule has 0 aliphatic carbocycles. The first-order chi connectivity index (χ1) is 8.54. The van der Waals surface area contributed by atoms with Crippen LogP contribution < -0.4 is 11.1 Å². The molecule has 0 aliphatic rings. The van der Waals surface area contributed by atoms with Gasteiger partial charge in [0.05, 0.1) is 12.0 Å². The zero-order chi connectivity index (χ0) is 13.5. The second kappa shape index (κ2) is 7.51. The summed E-state index contributed by atoms with van der Waals surface area (Å²) in [5.74, 6) is 0.200. The van der Waals surface area contributed by atoms with Crippen LogP contribution in [0.25, 0.3) is 0 Å². The lowest BCUT2D eigenvalue weighted by Gasteiger charge is -2.18. The molecule has 1 aromatic rings. The van der Waals surface area contributed by atoms with E-state index in [0.29, 0.717) is 12.5 Å². The fraction of sp³-hybridized carbons (Fsp3) is 0.615. The number of nitrogens with one attached hydrogen (secondary N) is 1. The molecule has 4 N–H and O–H groups in total. The Morgan fingerprint density at radius 2 is 2.28 bits per heavy atom. The first-order valence-electron chi connectivity index (χ1n) is 6.22. The summed E-state index contributed by atoms with van der Waals surface area (Å²) in [5, 5.41) is 16.4. The predicted octanol–water partition coefficient (Wildman–Crippen LogP) is 1.52. The summed E-state index contributed by atoms with van der Waals surface area (Å²) in [5.41, 5.74) is 6.44. The molecule has 5 heteroatoms. The molecule has 0 aromatic carbocycles. The Morgan fingerprint density at radius 3 is 2.78 bits per heavy atom. The fourth-order valence-corrected chi connectivity index (χ4v) is 2.51. The van der Waals surface area contributed by atoms with Crippen LogP contribution >= 0.6 is 11.3 Å². The first kappa shape index (κ1) is 15.1. The average Bonchev–Trinajstić information content (AvgIpc) is 2.86. The summed E-state index contributed by atoms with van der Waals surface area (Å²) in [4.78, 5) is 11.9. The number of nitrogens with two attached hydrogens (primary N) is 1. The van der Waals surface area contributed by atoms with Crippen LogP contribution in [0.2, 0.25) is 0 Å². The summed E-state index contributed by atoms with van der Waals surface area (Å²) in [7, 11) is 0. The van der Waals surface area contributed by atoms with Crippen LogP contribution in [0.4, 0.5) is 0 Å². The Morgan fingerprint density at radius 1 is 1.56 bits per heavy atom. The van der Waals surface area contributed by atoms with Crippen LogP contribution in [0.5, 0.6) is 0 Å². The number of hydrogen-bond donors (Lipinski definition) is 3. The minimum atomic E-state index is -0.641. The van der Waals surface area contributed by atoms with E-state index in [2.05, 4.69) is 19.2 Å². The summed E-state index contributed by atoms with van der Waals surface area (Å²) in [6.45, 7) is 4.72. The summed E-state index contributed by atoms with van der Waals surface area (Å²) in [6, 6.07) is 1.86. The van der Waals surface area contributed by atoms with Gasteiger partial charge in [-0.05, 0) is 34.7 Å². The number of aliphatic hydroxyl groups is 1. The van der Waals surface area contributed by atoms with E-state index in [9.17, 15) is 9.90 Å². The molecule has 0 fully saturated rings. The molecule has 1 heterocycles. The summed E-state index contributed by atoms with van der Waals surface area (Å²) >= 11 is 1.53. The molecule has 0 bridgehead atoms. The lowest BCUT2D eigenvalue weighted by atomic mass is 9.96. The van der Waals surface area contributed by atoms with E-state index in [1.54, 1.807) is 0 Å². The number of rotatable bonds is 7. The van der Waals surface area contributed by atoms with Crippen molar-refractivity contribution in [1.29, 1.82) is 0 Å². The van der Waals surface area contributed by atoms with Crippen LogP contribution in [0.1, 0.15) is 31.9 Å². The lowest BCUT2D eigenvalue weighted by molar-refractivity contribution is -0.125. The van der Waals surface area contributed by atoms with Crippen molar-refractivity contribution in [2.24, 2.45) is 17.6 Å². The van der Waals surface area contributed by atoms with Crippen LogP contribution in [0.15, 0.2) is 16.8 Å². The Hall–Kier alpha value is -0.910. The Kier molecular flexibility index (Phi) is 6.32. The van der Waals surface area contributed by atoms with Crippen molar-refractivity contribution >= 4 is 17.2 Å². The third kappa shape index (κ3) is 4.76. The second-order valence-corrected chi connectivity index (χ2v) is 5.66. The van der Waals surface area contributed by atoms with E-state index >= 15 is 0 Å². The molecule has 1 rings (SSSR count). The SMILES string of the molecule is CC(C)CC(CN)C(=O)NCC(O)c1ccsc1. The molecule has 18 heavy (non-hydrogen) atoms. The summed E-state index contributed by atoms with van der Waals surface area (Å²) in [6.07, 6.45) is 0.134. The maximum atomic E-state index is 11.9. The summed E-state index contributed by atoms with van der Waals surface area (Å²) < 4.78 is 0. The first-order valence-corrected chi connectivity index (χ1v) is 7.16. The van der Waals surface area contributed by atoms with Gasteiger partial charge in [0.25, 0.3) is 0 Å². The van der Waals surface area contributed by atoms with Crippen molar-refractivity contribution in [3.8, 4) is 0 Å². The number of amides is 1. The van der Waals surface area contributed by atoms with E-state index in [0.717, 1.165) is 12.0 Å². The van der Waals surface area contributed by atoms with Gasteiger partial charge in [-0.25, -0.2) is 0 Å². The third-order valence-corrected chi connectivity index (χ3v) is 3.51. The van der Waals surface area contributed by atoms with Gasteiger partial charge in [0, 0.05) is 13.1 Å². The van der Waals surface area contributed by atoms with E-state index in [4.69, 9.17) is 5.73 Å². The Labute approximate surface area is 112 Å². The molecule has 0 radical (unpaired) electrons. The van der Waals surface area contributed by atoms with E-state index < -0.39 is 6.10 Å². The molecule has 2 atom stereocenters. The average molecular weight is 270 g/mol. The molecule has 0 aliphatic heterocycles. The Balaban J connectivity index is 2.39. The van der Waals surface area contributed by atoms with Gasteiger partial charge < -0.3 is 16.2 Å². The molecule has 1 aromatic heterocycles. The highest BCUT2D eigenvalue weighted by atomic mass is 32.1. The number of thiophene rings is 1. The number of aliphatic hydroxyl groups excluding tert-OH is 1. The highest BCUT2D eigenvalue weighted by Gasteiger charge is 2.19. The van der Waals surface area contributed by atoms with Crippen molar-refractivity contribution in [3.05, 3.63) is 22.4 Å². The molecule has 4 nitrogen and oxygen atoms in total. The van der Waals surface area contributed by atoms with Gasteiger partial charge in [0.1, 0.15) is 0 Å². The van der Waals surface area contributed by atoms with Gasteiger partial charge in [-0.3, -0.25) is 4.79 Å². The topological polar surface area (TPSA) is 75.4 Å². The molecular weight excluding hydrogens is 248 g/mol. The van der Waals surface area contributed by atoms with Crippen molar-refractivity contribution in [1.82, 2.24) is 5.32 Å². The molecular formula is C13H22N2O2S. The molecule has 0 saturated heterocycles. The molecule has 1 amide bonds. The maximum absolute atomic E-state index is 11.9. The van der Waals surface area contributed by atoms with Gasteiger partial charge >= 0.3 is 0 Å². The van der Waals surface area contributed by atoms with E-state index in [1.807, 2.05) is 16.8 Å². The van der Waals surface area contributed by atoms with Gasteiger partial charge in [-0.15, -0.1) is 0 Å². The van der Waals surface area contributed by atoms with Crippen LogP contribution in [0, 0.1) is 11.8 Å². The number of carbonyl (C=O) groups excluding carboxylic acids is 1. The molecule has 102 valence electrons. The lowest BCUT2D eigenvalue weighted by Crippen LogP contribution is -2.37. The zero-order valence-electron chi connectivity index (χ0n) is 10.9. The largest absolute Gasteiger partial charge is 0.387 e. The monoisotopic (exact) mass is 270 g/mol. The Bertz CT molecular complexity index is 352. The highest BCUT2D eigenvalue weighted by Crippen LogP contribution is 2.16. The van der Waals surface area contributed by atoms with Crippen LogP contribution in [0.3, 0.4) is 0 Å². The molecule has 0 saturated carbocycles. The normalized spacial score (nSPS) is 14.5. The smallest absolute Gasteiger partial charge is 0.224 e. The van der Waals surface area contributed by atoms with Gasteiger partial charge in [-0.1, -0.05) is 13.8 Å². The fourth-order valence-electron chi connectivity index (χ4n) is 1.80. The molecule has 2 unspecified atom stereocenters.